The van der Waals surface area contributed by atoms with Gasteiger partial charge < -0.3 is 10.1 Å². The number of amides is 1. The van der Waals surface area contributed by atoms with E-state index in [1.165, 1.54) is 24.3 Å². The summed E-state index contributed by atoms with van der Waals surface area (Å²) in [4.78, 5) is 12.2. The Labute approximate surface area is 121 Å². The van der Waals surface area contributed by atoms with Gasteiger partial charge in [0.2, 0.25) is 0 Å². The fourth-order valence-electron chi connectivity index (χ4n) is 1.90. The molecule has 0 heterocycles. The van der Waals surface area contributed by atoms with Crippen LogP contribution in [-0.4, -0.2) is 12.5 Å². The molecule has 1 amide bonds. The van der Waals surface area contributed by atoms with Crippen LogP contribution in [0.5, 0.6) is 5.75 Å². The monoisotopic (exact) mass is 291 g/mol. The molecule has 0 bridgehead atoms. The summed E-state index contributed by atoms with van der Waals surface area (Å²) in [7, 11) is 0. The minimum atomic E-state index is -2.86. The third-order valence-corrected chi connectivity index (χ3v) is 2.98. The second-order valence-electron chi connectivity index (χ2n) is 4.68. The molecule has 0 aliphatic rings. The highest BCUT2D eigenvalue weighted by Gasteiger charge is 2.10. The molecule has 2 rings (SSSR count). The SMILES string of the molecule is Cc1ccc(C)c(C(=O)Nc2ccc(OC(F)F)cc2)c1. The van der Waals surface area contributed by atoms with Crippen LogP contribution in [0.25, 0.3) is 0 Å². The van der Waals surface area contributed by atoms with Crippen molar-refractivity contribution in [3.8, 4) is 5.75 Å². The lowest BCUT2D eigenvalue weighted by Crippen LogP contribution is -2.13. The number of nitrogens with one attached hydrogen (secondary N) is 1. The van der Waals surface area contributed by atoms with E-state index in [1.54, 1.807) is 6.07 Å². The van der Waals surface area contributed by atoms with Crippen molar-refractivity contribution in [3.63, 3.8) is 0 Å². The Balaban J connectivity index is 2.10. The van der Waals surface area contributed by atoms with Crippen molar-refractivity contribution < 1.29 is 18.3 Å². The van der Waals surface area contributed by atoms with Crippen LogP contribution in [0.2, 0.25) is 0 Å². The summed E-state index contributed by atoms with van der Waals surface area (Å²) in [6.45, 7) is 0.904. The van der Waals surface area contributed by atoms with Crippen molar-refractivity contribution in [2.45, 2.75) is 20.5 Å². The van der Waals surface area contributed by atoms with Gasteiger partial charge in [-0.3, -0.25) is 4.79 Å². The Morgan fingerprint density at radius 3 is 2.38 bits per heavy atom. The molecule has 0 aliphatic heterocycles. The van der Waals surface area contributed by atoms with Crippen LogP contribution in [0, 0.1) is 13.8 Å². The predicted octanol–water partition coefficient (Wildman–Crippen LogP) is 4.16. The number of alkyl halides is 2. The van der Waals surface area contributed by atoms with Crippen LogP contribution in [0.3, 0.4) is 0 Å². The summed E-state index contributed by atoms with van der Waals surface area (Å²) >= 11 is 0. The summed E-state index contributed by atoms with van der Waals surface area (Å²) in [6.07, 6.45) is 0. The molecule has 0 radical (unpaired) electrons. The molecule has 1 N–H and O–H groups in total. The van der Waals surface area contributed by atoms with Gasteiger partial charge in [0, 0.05) is 11.3 Å². The largest absolute Gasteiger partial charge is 0.435 e. The fraction of sp³-hybridized carbons (Fsp3) is 0.188. The Hall–Kier alpha value is -2.43. The van der Waals surface area contributed by atoms with Gasteiger partial charge in [-0.25, -0.2) is 0 Å². The van der Waals surface area contributed by atoms with Gasteiger partial charge in [0.05, 0.1) is 0 Å². The first-order chi connectivity index (χ1) is 9.95. The molecule has 0 fully saturated rings. The van der Waals surface area contributed by atoms with Crippen LogP contribution in [0.1, 0.15) is 21.5 Å². The van der Waals surface area contributed by atoms with Crippen molar-refractivity contribution in [1.82, 2.24) is 0 Å². The molecule has 0 aliphatic carbocycles. The Morgan fingerprint density at radius 2 is 1.76 bits per heavy atom. The number of carbonyl (C=O) groups excluding carboxylic acids is 1. The minimum absolute atomic E-state index is 0.0507. The lowest BCUT2D eigenvalue weighted by atomic mass is 10.1. The zero-order valence-electron chi connectivity index (χ0n) is 11.7. The highest BCUT2D eigenvalue weighted by molar-refractivity contribution is 6.05. The van der Waals surface area contributed by atoms with E-state index >= 15 is 0 Å². The average molecular weight is 291 g/mol. The van der Waals surface area contributed by atoms with E-state index in [0.29, 0.717) is 11.3 Å². The molecule has 0 aromatic heterocycles. The molecule has 0 saturated heterocycles. The van der Waals surface area contributed by atoms with Gasteiger partial charge in [0.15, 0.2) is 0 Å². The number of halogens is 2. The number of benzene rings is 2. The molecule has 21 heavy (non-hydrogen) atoms. The average Bonchev–Trinajstić information content (AvgIpc) is 2.43. The lowest BCUT2D eigenvalue weighted by molar-refractivity contribution is -0.0498. The summed E-state index contributed by atoms with van der Waals surface area (Å²) in [5.41, 5.74) is 2.97. The Bertz CT molecular complexity index is 639. The molecule has 2 aromatic carbocycles. The highest BCUT2D eigenvalue weighted by atomic mass is 19.3. The second kappa shape index (κ2) is 6.35. The normalized spacial score (nSPS) is 10.5. The van der Waals surface area contributed by atoms with Crippen LogP contribution in [0.4, 0.5) is 14.5 Å². The summed E-state index contributed by atoms with van der Waals surface area (Å²) < 4.78 is 28.3. The quantitative estimate of drug-likeness (QED) is 0.918. The summed E-state index contributed by atoms with van der Waals surface area (Å²) in [5.74, 6) is -0.187. The van der Waals surface area contributed by atoms with E-state index in [4.69, 9.17) is 0 Å². The number of ether oxygens (including phenoxy) is 1. The lowest BCUT2D eigenvalue weighted by Gasteiger charge is -2.09. The molecule has 0 unspecified atom stereocenters. The number of anilines is 1. The van der Waals surface area contributed by atoms with Gasteiger partial charge in [-0.2, -0.15) is 8.78 Å². The van der Waals surface area contributed by atoms with Gasteiger partial charge in [-0.1, -0.05) is 17.7 Å². The maximum absolute atomic E-state index is 12.2. The third-order valence-electron chi connectivity index (χ3n) is 2.98. The van der Waals surface area contributed by atoms with Gasteiger partial charge in [0.1, 0.15) is 5.75 Å². The van der Waals surface area contributed by atoms with Gasteiger partial charge in [0.25, 0.3) is 5.91 Å². The fourth-order valence-corrected chi connectivity index (χ4v) is 1.90. The van der Waals surface area contributed by atoms with E-state index in [2.05, 4.69) is 10.1 Å². The van der Waals surface area contributed by atoms with E-state index in [9.17, 15) is 13.6 Å². The van der Waals surface area contributed by atoms with Crippen LogP contribution in [0.15, 0.2) is 42.5 Å². The van der Waals surface area contributed by atoms with Crippen molar-refractivity contribution in [3.05, 3.63) is 59.2 Å². The van der Waals surface area contributed by atoms with Crippen molar-refractivity contribution >= 4 is 11.6 Å². The molecule has 110 valence electrons. The smallest absolute Gasteiger partial charge is 0.387 e. The van der Waals surface area contributed by atoms with E-state index in [0.717, 1.165) is 11.1 Å². The first-order valence-electron chi connectivity index (χ1n) is 6.39. The topological polar surface area (TPSA) is 38.3 Å². The van der Waals surface area contributed by atoms with Crippen molar-refractivity contribution in [2.75, 3.05) is 5.32 Å². The second-order valence-corrected chi connectivity index (χ2v) is 4.68. The highest BCUT2D eigenvalue weighted by Crippen LogP contribution is 2.19. The predicted molar refractivity (Wildman–Crippen MR) is 76.9 cm³/mol. The van der Waals surface area contributed by atoms with Crippen molar-refractivity contribution in [1.29, 1.82) is 0 Å². The maximum Gasteiger partial charge on any atom is 0.387 e. The molecule has 0 spiro atoms. The van der Waals surface area contributed by atoms with Crippen LogP contribution >= 0.6 is 0 Å². The first kappa shape index (κ1) is 15.0. The molecule has 0 atom stereocenters. The summed E-state index contributed by atoms with van der Waals surface area (Å²) in [6, 6.07) is 11.4. The Kier molecular flexibility index (Phi) is 4.52. The molecule has 2 aromatic rings. The Morgan fingerprint density at radius 1 is 1.10 bits per heavy atom. The number of hydrogen-bond donors (Lipinski definition) is 1. The van der Waals surface area contributed by atoms with Crippen LogP contribution in [-0.2, 0) is 0 Å². The molecular weight excluding hydrogens is 276 g/mol. The number of carbonyl (C=O) groups is 1. The number of aryl methyl sites for hydroxylation is 2. The summed E-state index contributed by atoms with van der Waals surface area (Å²) in [5, 5.41) is 2.72. The van der Waals surface area contributed by atoms with Gasteiger partial charge in [-0.15, -0.1) is 0 Å². The van der Waals surface area contributed by atoms with E-state index < -0.39 is 6.61 Å². The molecular formula is C16H15F2NO2. The standard InChI is InChI=1S/C16H15F2NO2/c1-10-3-4-11(2)14(9-10)15(20)19-12-5-7-13(8-6-12)21-16(17)18/h3-9,16H,1-2H3,(H,19,20). The maximum atomic E-state index is 12.2. The minimum Gasteiger partial charge on any atom is -0.435 e. The molecule has 0 saturated carbocycles. The first-order valence-corrected chi connectivity index (χ1v) is 6.39. The third kappa shape index (κ3) is 4.02. The van der Waals surface area contributed by atoms with Crippen molar-refractivity contribution in [2.24, 2.45) is 0 Å². The molecule has 3 nitrogen and oxygen atoms in total. The number of rotatable bonds is 4. The zero-order valence-corrected chi connectivity index (χ0v) is 11.7. The van der Waals surface area contributed by atoms with Crippen LogP contribution < -0.4 is 10.1 Å². The van der Waals surface area contributed by atoms with Gasteiger partial charge >= 0.3 is 6.61 Å². The zero-order chi connectivity index (χ0) is 15.4. The van der Waals surface area contributed by atoms with Gasteiger partial charge in [-0.05, 0) is 49.7 Å². The van der Waals surface area contributed by atoms with E-state index in [-0.39, 0.29) is 11.7 Å². The molecule has 5 heteroatoms. The van der Waals surface area contributed by atoms with E-state index in [1.807, 2.05) is 26.0 Å². The number of hydrogen-bond acceptors (Lipinski definition) is 2.